The van der Waals surface area contributed by atoms with Crippen LogP contribution in [0.15, 0.2) is 0 Å². The first kappa shape index (κ1) is 6.95. The standard InChI is InChI=1S/C5H10O4/c6-1-4(7)5(8)2-9-3-5/h4,6-8H,1-3H2. The predicted octanol–water partition coefficient (Wildman–Crippen LogP) is -1.90. The minimum absolute atomic E-state index is 0.120. The van der Waals surface area contributed by atoms with Crippen molar-refractivity contribution in [3.05, 3.63) is 0 Å². The first-order chi connectivity index (χ1) is 4.19. The Bertz CT molecular complexity index is 99.1. The third kappa shape index (κ3) is 1.07. The molecule has 1 aliphatic heterocycles. The van der Waals surface area contributed by atoms with Crippen LogP contribution in [0.2, 0.25) is 0 Å². The largest absolute Gasteiger partial charge is 0.394 e. The van der Waals surface area contributed by atoms with Crippen LogP contribution in [0.1, 0.15) is 0 Å². The summed E-state index contributed by atoms with van der Waals surface area (Å²) in [7, 11) is 0. The van der Waals surface area contributed by atoms with Gasteiger partial charge in [-0.2, -0.15) is 0 Å². The fraction of sp³-hybridized carbons (Fsp3) is 1.00. The van der Waals surface area contributed by atoms with Crippen molar-refractivity contribution in [3.8, 4) is 0 Å². The van der Waals surface area contributed by atoms with Crippen LogP contribution in [0, 0.1) is 0 Å². The SMILES string of the molecule is OCC(O)C1(O)COC1. The van der Waals surface area contributed by atoms with Crippen molar-refractivity contribution in [2.45, 2.75) is 11.7 Å². The zero-order valence-electron chi connectivity index (χ0n) is 4.95. The summed E-state index contributed by atoms with van der Waals surface area (Å²) in [6.07, 6.45) is -1.06. The summed E-state index contributed by atoms with van der Waals surface area (Å²) < 4.78 is 4.64. The lowest BCUT2D eigenvalue weighted by molar-refractivity contribution is -0.232. The lowest BCUT2D eigenvalue weighted by Crippen LogP contribution is -2.59. The monoisotopic (exact) mass is 134 g/mol. The topological polar surface area (TPSA) is 69.9 Å². The van der Waals surface area contributed by atoms with E-state index in [-0.39, 0.29) is 13.2 Å². The molecule has 1 fully saturated rings. The van der Waals surface area contributed by atoms with Crippen LogP contribution < -0.4 is 0 Å². The normalized spacial score (nSPS) is 27.0. The van der Waals surface area contributed by atoms with Gasteiger partial charge >= 0.3 is 0 Å². The number of aliphatic hydroxyl groups excluding tert-OH is 2. The molecule has 9 heavy (non-hydrogen) atoms. The smallest absolute Gasteiger partial charge is 0.139 e. The van der Waals surface area contributed by atoms with E-state index in [9.17, 15) is 0 Å². The van der Waals surface area contributed by atoms with E-state index < -0.39 is 18.3 Å². The second-order valence-corrected chi connectivity index (χ2v) is 2.29. The molecule has 54 valence electrons. The molecule has 3 N–H and O–H groups in total. The van der Waals surface area contributed by atoms with Gasteiger partial charge in [0, 0.05) is 0 Å². The molecule has 4 nitrogen and oxygen atoms in total. The van der Waals surface area contributed by atoms with Gasteiger partial charge in [0.05, 0.1) is 19.8 Å². The summed E-state index contributed by atoms with van der Waals surface area (Å²) in [6, 6.07) is 0. The summed E-state index contributed by atoms with van der Waals surface area (Å²) in [5.41, 5.74) is -1.19. The molecule has 4 heteroatoms. The highest BCUT2D eigenvalue weighted by molar-refractivity contribution is 4.91. The van der Waals surface area contributed by atoms with Gasteiger partial charge < -0.3 is 20.1 Å². The number of hydrogen-bond donors (Lipinski definition) is 3. The van der Waals surface area contributed by atoms with E-state index in [1.807, 2.05) is 0 Å². The van der Waals surface area contributed by atoms with Crippen molar-refractivity contribution in [1.29, 1.82) is 0 Å². The van der Waals surface area contributed by atoms with Gasteiger partial charge in [0.2, 0.25) is 0 Å². The molecule has 0 radical (unpaired) electrons. The maximum Gasteiger partial charge on any atom is 0.139 e. The first-order valence-electron chi connectivity index (χ1n) is 2.78. The van der Waals surface area contributed by atoms with Crippen LogP contribution in [-0.4, -0.2) is 46.8 Å². The molecule has 0 aromatic heterocycles. The lowest BCUT2D eigenvalue weighted by atomic mass is 9.95. The average Bonchev–Trinajstić information content (AvgIpc) is 1.81. The van der Waals surface area contributed by atoms with E-state index in [2.05, 4.69) is 4.74 Å². The van der Waals surface area contributed by atoms with Gasteiger partial charge in [-0.15, -0.1) is 0 Å². The van der Waals surface area contributed by atoms with Crippen molar-refractivity contribution >= 4 is 0 Å². The highest BCUT2D eigenvalue weighted by atomic mass is 16.5. The highest BCUT2D eigenvalue weighted by Crippen LogP contribution is 2.20. The van der Waals surface area contributed by atoms with Gasteiger partial charge in [0.1, 0.15) is 11.7 Å². The molecular formula is C5H10O4. The quantitative estimate of drug-likeness (QED) is 0.412. The minimum Gasteiger partial charge on any atom is -0.394 e. The Morgan fingerprint density at radius 1 is 1.56 bits per heavy atom. The van der Waals surface area contributed by atoms with Crippen molar-refractivity contribution < 1.29 is 20.1 Å². The van der Waals surface area contributed by atoms with Gasteiger partial charge in [0.15, 0.2) is 0 Å². The maximum absolute atomic E-state index is 9.14. The number of hydrogen-bond acceptors (Lipinski definition) is 4. The van der Waals surface area contributed by atoms with Crippen LogP contribution >= 0.6 is 0 Å². The summed E-state index contributed by atoms with van der Waals surface area (Å²) in [6.45, 7) is -0.177. The van der Waals surface area contributed by atoms with Gasteiger partial charge in [-0.3, -0.25) is 0 Å². The molecule has 1 unspecified atom stereocenters. The average molecular weight is 134 g/mol. The molecule has 0 amide bonds. The predicted molar refractivity (Wildman–Crippen MR) is 28.9 cm³/mol. The number of ether oxygens (including phenoxy) is 1. The Morgan fingerprint density at radius 2 is 2.11 bits per heavy atom. The number of aliphatic hydroxyl groups is 3. The van der Waals surface area contributed by atoms with Crippen molar-refractivity contribution in [2.75, 3.05) is 19.8 Å². The van der Waals surface area contributed by atoms with Crippen molar-refractivity contribution in [2.24, 2.45) is 0 Å². The molecular weight excluding hydrogens is 124 g/mol. The van der Waals surface area contributed by atoms with E-state index in [0.29, 0.717) is 0 Å². The summed E-state index contributed by atoms with van der Waals surface area (Å²) in [5, 5.41) is 26.4. The van der Waals surface area contributed by atoms with Crippen LogP contribution in [0.3, 0.4) is 0 Å². The zero-order chi connectivity index (χ0) is 6.91. The molecule has 1 rings (SSSR count). The zero-order valence-corrected chi connectivity index (χ0v) is 4.95. The first-order valence-corrected chi connectivity index (χ1v) is 2.78. The Kier molecular flexibility index (Phi) is 1.72. The molecule has 1 aliphatic rings. The summed E-state index contributed by atoms with van der Waals surface area (Å²) in [4.78, 5) is 0. The third-order valence-corrected chi connectivity index (χ3v) is 1.50. The van der Waals surface area contributed by atoms with Crippen molar-refractivity contribution in [1.82, 2.24) is 0 Å². The molecule has 1 saturated heterocycles. The minimum atomic E-state index is -1.19. The Labute approximate surface area is 52.7 Å². The van der Waals surface area contributed by atoms with Crippen LogP contribution in [0.4, 0.5) is 0 Å². The molecule has 1 atom stereocenters. The molecule has 0 aromatic rings. The molecule has 0 aromatic carbocycles. The van der Waals surface area contributed by atoms with Crippen molar-refractivity contribution in [3.63, 3.8) is 0 Å². The van der Waals surface area contributed by atoms with E-state index in [0.717, 1.165) is 0 Å². The Hall–Kier alpha value is -0.160. The molecule has 0 aliphatic carbocycles. The second kappa shape index (κ2) is 2.22. The van der Waals surface area contributed by atoms with E-state index in [1.54, 1.807) is 0 Å². The third-order valence-electron chi connectivity index (χ3n) is 1.50. The fourth-order valence-electron chi connectivity index (χ4n) is 0.674. The Balaban J connectivity index is 2.38. The molecule has 1 heterocycles. The number of rotatable bonds is 2. The summed E-state index contributed by atoms with van der Waals surface area (Å²) in [5.74, 6) is 0. The van der Waals surface area contributed by atoms with Gasteiger partial charge in [-0.1, -0.05) is 0 Å². The van der Waals surface area contributed by atoms with Crippen LogP contribution in [-0.2, 0) is 4.74 Å². The van der Waals surface area contributed by atoms with E-state index >= 15 is 0 Å². The summed E-state index contributed by atoms with van der Waals surface area (Å²) >= 11 is 0. The molecule has 0 bridgehead atoms. The molecule has 0 spiro atoms. The lowest BCUT2D eigenvalue weighted by Gasteiger charge is -2.39. The maximum atomic E-state index is 9.14. The second-order valence-electron chi connectivity index (χ2n) is 2.29. The van der Waals surface area contributed by atoms with Gasteiger partial charge in [-0.25, -0.2) is 0 Å². The van der Waals surface area contributed by atoms with E-state index in [4.69, 9.17) is 15.3 Å². The van der Waals surface area contributed by atoms with Gasteiger partial charge in [-0.05, 0) is 0 Å². The highest BCUT2D eigenvalue weighted by Gasteiger charge is 2.42. The van der Waals surface area contributed by atoms with Crippen LogP contribution in [0.5, 0.6) is 0 Å². The molecule has 0 saturated carbocycles. The Morgan fingerprint density at radius 3 is 2.22 bits per heavy atom. The fourth-order valence-corrected chi connectivity index (χ4v) is 0.674. The van der Waals surface area contributed by atoms with Gasteiger partial charge in [0.25, 0.3) is 0 Å². The van der Waals surface area contributed by atoms with E-state index in [1.165, 1.54) is 0 Å². The van der Waals surface area contributed by atoms with Crippen LogP contribution in [0.25, 0.3) is 0 Å².